The van der Waals surface area contributed by atoms with E-state index in [2.05, 4.69) is 25.7 Å². The Kier molecular flexibility index (Phi) is 7.30. The molecule has 3 aliphatic rings. The molecule has 0 amide bonds. The molecule has 0 N–H and O–H groups in total. The fourth-order valence-corrected chi connectivity index (χ4v) is 7.29. The Morgan fingerprint density at radius 3 is 2.64 bits per heavy atom. The largest absolute Gasteiger partial charge is 1.00 e. The Morgan fingerprint density at radius 2 is 1.95 bits per heavy atom. The quantitative estimate of drug-likeness (QED) is 0.253. The van der Waals surface area contributed by atoms with Crippen LogP contribution in [-0.4, -0.2) is 35.3 Å². The summed E-state index contributed by atoms with van der Waals surface area (Å²) in [6.45, 7) is 6.91. The normalized spacial score (nSPS) is 19.2. The van der Waals surface area contributed by atoms with Gasteiger partial charge in [0.2, 0.25) is 0 Å². The number of carbonyl (C=O) groups excluding carboxylic acids is 1. The van der Waals surface area contributed by atoms with E-state index in [0.29, 0.717) is 6.79 Å². The predicted octanol–water partition coefficient (Wildman–Crippen LogP) is -4.41. The summed E-state index contributed by atoms with van der Waals surface area (Å²) < 4.78 is 12.8. The van der Waals surface area contributed by atoms with Crippen molar-refractivity contribution in [2.75, 3.05) is 11.7 Å². The maximum Gasteiger partial charge on any atom is -1.00 e. The van der Waals surface area contributed by atoms with E-state index in [0.717, 1.165) is 10.5 Å². The zero-order valence-electron chi connectivity index (χ0n) is 12.8. The maximum atomic E-state index is 11.9. The van der Waals surface area contributed by atoms with Gasteiger partial charge in [0.1, 0.15) is 0 Å². The Labute approximate surface area is 156 Å². The first-order valence-corrected chi connectivity index (χ1v) is 13.5. The first-order chi connectivity index (χ1) is 9.47. The maximum absolute atomic E-state index is 11.9. The van der Waals surface area contributed by atoms with Crippen LogP contribution in [0, 0.1) is 0 Å². The third kappa shape index (κ3) is 4.42. The van der Waals surface area contributed by atoms with E-state index >= 15 is 0 Å². The van der Waals surface area contributed by atoms with E-state index in [1.54, 1.807) is 11.3 Å². The van der Waals surface area contributed by atoms with Gasteiger partial charge in [-0.2, -0.15) is 0 Å². The Bertz CT molecular complexity index is 604. The van der Waals surface area contributed by atoms with Gasteiger partial charge in [0, 0.05) is 0 Å². The summed E-state index contributed by atoms with van der Waals surface area (Å²) >= 11 is -0.305. The first kappa shape index (κ1) is 20.3. The standard InChI is InChI=1S/C9H5OSi.C5H13O2Si.2ClH.Ti/c10-6-3-1-2-5-4-7-9(11-7)8(5)6;1-6-5-7-8(2,3)4;;;/h1-3H,11H2;1,5H2,2-4H3;2*1H;/q;;;;+2/p-2. The third-order valence-electron chi connectivity index (χ3n) is 3.42. The van der Waals surface area contributed by atoms with Crippen molar-refractivity contribution in [2.24, 2.45) is 0 Å². The fraction of sp³-hybridized carbons (Fsp3) is 0.357. The van der Waals surface area contributed by atoms with Gasteiger partial charge >= 0.3 is 132 Å². The van der Waals surface area contributed by atoms with Gasteiger partial charge in [-0.15, -0.1) is 0 Å². The molecule has 22 heavy (non-hydrogen) atoms. The number of fused-ring (bicyclic) bond motifs is 2. The van der Waals surface area contributed by atoms with E-state index in [4.69, 9.17) is 9.16 Å². The monoisotopic (exact) mass is 408 g/mol. The topological polar surface area (TPSA) is 35.5 Å². The van der Waals surface area contributed by atoms with Crippen molar-refractivity contribution >= 4 is 23.6 Å². The van der Waals surface area contributed by atoms with Gasteiger partial charge < -0.3 is 24.8 Å². The molecular formula is C14H18Cl2O3Si2Ti. The number of ketones is 1. The number of carbonyl (C=O) groups is 1. The van der Waals surface area contributed by atoms with Crippen LogP contribution in [0.15, 0.2) is 43.6 Å². The Hall–Kier alpha value is 0.278. The number of hydrogen-bond donors (Lipinski definition) is 0. The van der Waals surface area contributed by atoms with E-state index in [1.165, 1.54) is 14.6 Å². The second-order valence-corrected chi connectivity index (χ2v) is 14.2. The van der Waals surface area contributed by atoms with Gasteiger partial charge in [-0.25, -0.2) is 0 Å². The summed E-state index contributed by atoms with van der Waals surface area (Å²) in [7, 11) is -1.67. The summed E-state index contributed by atoms with van der Waals surface area (Å²) in [5, 5.41) is 3.00. The minimum absolute atomic E-state index is 0. The van der Waals surface area contributed by atoms with E-state index in [-0.39, 0.29) is 59.3 Å². The summed E-state index contributed by atoms with van der Waals surface area (Å²) in [6, 6.07) is 0. The van der Waals surface area contributed by atoms with Gasteiger partial charge in [-0.05, 0) is 0 Å². The minimum atomic E-state index is -1.47. The van der Waals surface area contributed by atoms with Gasteiger partial charge in [-0.1, -0.05) is 0 Å². The number of halogens is 2. The van der Waals surface area contributed by atoms with Gasteiger partial charge in [0.05, 0.1) is 0 Å². The molecule has 0 saturated carbocycles. The minimum Gasteiger partial charge on any atom is -1.00 e. The van der Waals surface area contributed by atoms with Crippen LogP contribution in [-0.2, 0) is 33.1 Å². The van der Waals surface area contributed by atoms with E-state index in [9.17, 15) is 4.79 Å². The second-order valence-electron chi connectivity index (χ2n) is 6.09. The molecule has 0 aromatic heterocycles. The summed E-state index contributed by atoms with van der Waals surface area (Å²) in [6.07, 6.45) is 5.68. The Morgan fingerprint density at radius 1 is 1.23 bits per heavy atom. The van der Waals surface area contributed by atoms with Crippen molar-refractivity contribution in [3.63, 3.8) is 0 Å². The van der Waals surface area contributed by atoms with Crippen molar-refractivity contribution in [1.82, 2.24) is 0 Å². The van der Waals surface area contributed by atoms with Crippen molar-refractivity contribution in [3.8, 4) is 0 Å². The second kappa shape index (κ2) is 7.90. The predicted molar refractivity (Wildman–Crippen MR) is 80.1 cm³/mol. The zero-order chi connectivity index (χ0) is 14.3. The molecule has 0 bridgehead atoms. The molecule has 1 heterocycles. The molecule has 0 aromatic carbocycles. The van der Waals surface area contributed by atoms with Crippen LogP contribution in [0.5, 0.6) is 0 Å². The molecule has 0 spiro atoms. The van der Waals surface area contributed by atoms with Crippen LogP contribution in [0.1, 0.15) is 0 Å². The molecule has 0 radical (unpaired) electrons. The Balaban J connectivity index is 0.00000121. The summed E-state index contributed by atoms with van der Waals surface area (Å²) in [5.41, 5.74) is 2.25. The van der Waals surface area contributed by atoms with Crippen LogP contribution in [0.25, 0.3) is 0 Å². The molecule has 1 aliphatic heterocycles. The average molecular weight is 409 g/mol. The summed E-state index contributed by atoms with van der Waals surface area (Å²) in [5.74, 6) is 0.213. The molecular weight excluding hydrogens is 391 g/mol. The number of allylic oxidation sites excluding steroid dienone is 8. The van der Waals surface area contributed by atoms with E-state index < -0.39 is 8.32 Å². The SMILES string of the molecule is C[Si](C)(C)OCO[CH2][Ti+2][C]1=C2[SiH2]C2=C2C(=O)C=CC=C12.[Cl-].[Cl-]. The number of ether oxygens (including phenoxy) is 1. The third-order valence-corrected chi connectivity index (χ3v) is 8.71. The molecule has 8 heteroatoms. The van der Waals surface area contributed by atoms with Crippen molar-refractivity contribution < 1.29 is 57.9 Å². The van der Waals surface area contributed by atoms with Gasteiger partial charge in [0.15, 0.2) is 0 Å². The van der Waals surface area contributed by atoms with Crippen molar-refractivity contribution in [2.45, 2.75) is 19.6 Å². The average Bonchev–Trinajstić information content (AvgIpc) is 3.06. The van der Waals surface area contributed by atoms with Crippen LogP contribution in [0.2, 0.25) is 19.6 Å². The molecule has 1 fully saturated rings. The first-order valence-electron chi connectivity index (χ1n) is 6.83. The molecule has 1 saturated heterocycles. The summed E-state index contributed by atoms with van der Waals surface area (Å²) in [4.78, 5) is 12.7. The van der Waals surface area contributed by atoms with Crippen LogP contribution in [0.3, 0.4) is 0 Å². The molecule has 0 unspecified atom stereocenters. The van der Waals surface area contributed by atoms with Crippen LogP contribution in [0.4, 0.5) is 0 Å². The molecule has 3 nitrogen and oxygen atoms in total. The smallest absolute Gasteiger partial charge is 1.00 e. The van der Waals surface area contributed by atoms with Crippen LogP contribution < -0.4 is 24.8 Å². The molecule has 118 valence electrons. The van der Waals surface area contributed by atoms with Crippen molar-refractivity contribution in [1.29, 1.82) is 0 Å². The van der Waals surface area contributed by atoms with Crippen LogP contribution >= 0.6 is 0 Å². The zero-order valence-corrected chi connectivity index (χ0v) is 18.3. The van der Waals surface area contributed by atoms with Gasteiger partial charge in [0.25, 0.3) is 0 Å². The van der Waals surface area contributed by atoms with Gasteiger partial charge in [-0.3, -0.25) is 0 Å². The number of rotatable bonds is 6. The molecule has 2 aliphatic carbocycles. The van der Waals surface area contributed by atoms with E-state index in [1.807, 2.05) is 6.08 Å². The molecule has 0 atom stereocenters. The van der Waals surface area contributed by atoms with Crippen molar-refractivity contribution in [3.05, 3.63) is 43.6 Å². The number of hydrogen-bond acceptors (Lipinski definition) is 3. The molecule has 0 aromatic rings. The molecule has 3 rings (SSSR count). The fourth-order valence-electron chi connectivity index (χ4n) is 2.41.